The van der Waals surface area contributed by atoms with Crippen LogP contribution in [0.15, 0.2) is 10.1 Å². The Labute approximate surface area is 173 Å². The number of hydrogen-bond donors (Lipinski definition) is 2. The van der Waals surface area contributed by atoms with Crippen molar-refractivity contribution in [1.82, 2.24) is 25.4 Å². The van der Waals surface area contributed by atoms with Gasteiger partial charge in [-0.3, -0.25) is 4.99 Å². The number of nitrogens with one attached hydrogen (secondary N) is 2. The first kappa shape index (κ1) is 24.5. The number of aromatic nitrogens is 3. The summed E-state index contributed by atoms with van der Waals surface area (Å²) in [7, 11) is 3.48. The van der Waals surface area contributed by atoms with Crippen molar-refractivity contribution in [3.8, 4) is 0 Å². The fraction of sp³-hybridized carbons (Fsp3) is 0.812. The highest BCUT2D eigenvalue weighted by Crippen LogP contribution is 2.16. The second-order valence-electron chi connectivity index (χ2n) is 6.21. The third-order valence-corrected chi connectivity index (χ3v) is 4.08. The van der Waals surface area contributed by atoms with Crippen LogP contribution in [-0.2, 0) is 17.7 Å². The summed E-state index contributed by atoms with van der Waals surface area (Å²) in [6, 6.07) is 0.222. The minimum absolute atomic E-state index is 0. The predicted octanol–water partition coefficient (Wildman–Crippen LogP) is 2.41. The molecule has 1 aromatic heterocycles. The molecule has 1 heterocycles. The molecule has 0 bridgehead atoms. The van der Waals surface area contributed by atoms with Crippen LogP contribution in [0.2, 0.25) is 0 Å². The smallest absolute Gasteiger partial charge is 0.191 e. The average molecular weight is 484 g/mol. The Morgan fingerprint density at radius 3 is 2.60 bits per heavy atom. The van der Waals surface area contributed by atoms with Crippen LogP contribution in [0, 0.1) is 5.92 Å². The minimum atomic E-state index is 0. The summed E-state index contributed by atoms with van der Waals surface area (Å²) in [6.07, 6.45) is 3.92. The van der Waals surface area contributed by atoms with Crippen LogP contribution < -0.4 is 10.6 Å². The van der Waals surface area contributed by atoms with E-state index in [4.69, 9.17) is 4.74 Å². The van der Waals surface area contributed by atoms with Gasteiger partial charge in [-0.25, -0.2) is 0 Å². The maximum atomic E-state index is 5.12. The number of guanidine groups is 1. The lowest BCUT2D eigenvalue weighted by Crippen LogP contribution is -2.44. The van der Waals surface area contributed by atoms with Gasteiger partial charge >= 0.3 is 0 Å². The lowest BCUT2D eigenvalue weighted by atomic mass is 10.2. The van der Waals surface area contributed by atoms with Gasteiger partial charge in [0, 0.05) is 39.7 Å². The number of rotatable bonds is 10. The molecule has 0 radical (unpaired) electrons. The molecule has 0 saturated carbocycles. The van der Waals surface area contributed by atoms with Crippen molar-refractivity contribution < 1.29 is 4.74 Å². The first-order valence-electron chi connectivity index (χ1n) is 8.44. The number of hydrogen-bond acceptors (Lipinski definition) is 5. The highest BCUT2D eigenvalue weighted by molar-refractivity contribution is 14.0. The molecule has 0 aliphatic carbocycles. The van der Waals surface area contributed by atoms with Gasteiger partial charge < -0.3 is 19.9 Å². The molecular formula is C16H33IN6OS. The lowest BCUT2D eigenvalue weighted by molar-refractivity contribution is 0.179. The zero-order valence-electron chi connectivity index (χ0n) is 16.2. The number of aryl methyl sites for hydroxylation is 1. The van der Waals surface area contributed by atoms with Crippen molar-refractivity contribution in [2.45, 2.75) is 51.4 Å². The molecule has 0 spiro atoms. The van der Waals surface area contributed by atoms with E-state index in [1.807, 2.05) is 6.26 Å². The molecule has 146 valence electrons. The minimum Gasteiger partial charge on any atom is -0.383 e. The van der Waals surface area contributed by atoms with Crippen molar-refractivity contribution in [2.75, 3.05) is 33.6 Å². The molecular weight excluding hydrogens is 451 g/mol. The Hall–Kier alpha value is -0.550. The highest BCUT2D eigenvalue weighted by atomic mass is 127. The lowest BCUT2D eigenvalue weighted by Gasteiger charge is -2.17. The molecule has 0 amide bonds. The van der Waals surface area contributed by atoms with E-state index in [1.165, 1.54) is 0 Å². The van der Waals surface area contributed by atoms with Crippen LogP contribution in [0.1, 0.15) is 33.0 Å². The first-order valence-corrected chi connectivity index (χ1v) is 9.66. The van der Waals surface area contributed by atoms with Crippen LogP contribution in [-0.4, -0.2) is 60.3 Å². The Kier molecular flexibility index (Phi) is 13.3. The van der Waals surface area contributed by atoms with Gasteiger partial charge in [0.15, 0.2) is 11.1 Å². The number of ether oxygens (including phenoxy) is 1. The van der Waals surface area contributed by atoms with E-state index in [9.17, 15) is 0 Å². The molecule has 0 fully saturated rings. The van der Waals surface area contributed by atoms with E-state index < -0.39 is 0 Å². The monoisotopic (exact) mass is 484 g/mol. The molecule has 7 nitrogen and oxygen atoms in total. The number of thioether (sulfide) groups is 1. The summed E-state index contributed by atoms with van der Waals surface area (Å²) in [5.41, 5.74) is 0. The third-order valence-electron chi connectivity index (χ3n) is 3.42. The van der Waals surface area contributed by atoms with E-state index in [0.29, 0.717) is 12.5 Å². The van der Waals surface area contributed by atoms with E-state index >= 15 is 0 Å². The summed E-state index contributed by atoms with van der Waals surface area (Å²) in [4.78, 5) is 4.23. The maximum absolute atomic E-state index is 5.12. The van der Waals surface area contributed by atoms with Gasteiger partial charge in [-0.2, -0.15) is 0 Å². The van der Waals surface area contributed by atoms with Gasteiger partial charge in [0.05, 0.1) is 6.61 Å². The largest absolute Gasteiger partial charge is 0.383 e. The topological polar surface area (TPSA) is 76.4 Å². The van der Waals surface area contributed by atoms with Crippen molar-refractivity contribution in [3.63, 3.8) is 0 Å². The van der Waals surface area contributed by atoms with Crippen molar-refractivity contribution in [2.24, 2.45) is 10.9 Å². The summed E-state index contributed by atoms with van der Waals surface area (Å²) < 4.78 is 7.36. The zero-order chi connectivity index (χ0) is 17.9. The molecule has 2 N–H and O–H groups in total. The van der Waals surface area contributed by atoms with Crippen molar-refractivity contribution in [3.05, 3.63) is 5.82 Å². The molecule has 1 unspecified atom stereocenters. The second-order valence-corrected chi connectivity index (χ2v) is 6.98. The standard InChI is InChI=1S/C16H32N6OS.HI/c1-12(2)10-22-14(20-21-16(22)24-6)8-7-9-18-15(17-4)19-13(3)11-23-5;/h12-13H,7-11H2,1-6H3,(H2,17,18,19);1H. The normalized spacial score (nSPS) is 12.8. The zero-order valence-corrected chi connectivity index (χ0v) is 19.4. The molecule has 25 heavy (non-hydrogen) atoms. The molecule has 0 aromatic carbocycles. The van der Waals surface area contributed by atoms with Crippen LogP contribution in [0.3, 0.4) is 0 Å². The van der Waals surface area contributed by atoms with Crippen molar-refractivity contribution in [1.29, 1.82) is 0 Å². The molecule has 1 rings (SSSR count). The Bertz CT molecular complexity index is 509. The van der Waals surface area contributed by atoms with Gasteiger partial charge in [0.2, 0.25) is 0 Å². The fourth-order valence-corrected chi connectivity index (χ4v) is 2.90. The predicted molar refractivity (Wildman–Crippen MR) is 116 cm³/mol. The summed E-state index contributed by atoms with van der Waals surface area (Å²) >= 11 is 1.65. The van der Waals surface area contributed by atoms with Crippen LogP contribution in [0.25, 0.3) is 0 Å². The number of aliphatic imine (C=N–C) groups is 1. The Morgan fingerprint density at radius 1 is 1.32 bits per heavy atom. The number of nitrogens with zero attached hydrogens (tertiary/aromatic N) is 4. The number of methoxy groups -OCH3 is 1. The van der Waals surface area contributed by atoms with Gasteiger partial charge in [0.1, 0.15) is 5.82 Å². The molecule has 0 aliphatic rings. The summed E-state index contributed by atoms with van der Waals surface area (Å²) in [5, 5.41) is 16.3. The molecule has 1 aromatic rings. The first-order chi connectivity index (χ1) is 11.5. The average Bonchev–Trinajstić information content (AvgIpc) is 2.91. The Balaban J connectivity index is 0.00000576. The molecule has 0 aliphatic heterocycles. The van der Waals surface area contributed by atoms with E-state index in [-0.39, 0.29) is 30.0 Å². The van der Waals surface area contributed by atoms with E-state index in [0.717, 1.165) is 42.9 Å². The Morgan fingerprint density at radius 2 is 2.04 bits per heavy atom. The third kappa shape index (κ3) is 9.09. The fourth-order valence-electron chi connectivity index (χ4n) is 2.38. The SMILES string of the molecule is CN=C(NCCCc1nnc(SC)n1CC(C)C)NC(C)COC.I. The van der Waals surface area contributed by atoms with Gasteiger partial charge in [-0.1, -0.05) is 25.6 Å². The molecule has 1 atom stereocenters. The van der Waals surface area contributed by atoms with Gasteiger partial charge in [0.25, 0.3) is 0 Å². The van der Waals surface area contributed by atoms with Gasteiger partial charge in [-0.05, 0) is 25.5 Å². The van der Waals surface area contributed by atoms with Crippen LogP contribution in [0.4, 0.5) is 0 Å². The van der Waals surface area contributed by atoms with E-state index in [2.05, 4.69) is 51.2 Å². The van der Waals surface area contributed by atoms with Crippen LogP contribution >= 0.6 is 35.7 Å². The maximum Gasteiger partial charge on any atom is 0.191 e. The van der Waals surface area contributed by atoms with Gasteiger partial charge in [-0.15, -0.1) is 34.2 Å². The molecule has 9 heteroatoms. The summed E-state index contributed by atoms with van der Waals surface area (Å²) in [5.74, 6) is 2.44. The number of halogens is 1. The second kappa shape index (κ2) is 13.6. The quantitative estimate of drug-likeness (QED) is 0.175. The van der Waals surface area contributed by atoms with E-state index in [1.54, 1.807) is 25.9 Å². The summed E-state index contributed by atoms with van der Waals surface area (Å²) in [6.45, 7) is 8.94. The van der Waals surface area contributed by atoms with Crippen molar-refractivity contribution >= 4 is 41.7 Å². The van der Waals surface area contributed by atoms with Crippen LogP contribution in [0.5, 0.6) is 0 Å². The molecule has 0 saturated heterocycles. The highest BCUT2D eigenvalue weighted by Gasteiger charge is 2.12.